The van der Waals surface area contributed by atoms with Gasteiger partial charge in [-0.2, -0.15) is 0 Å². The first-order valence-electron chi connectivity index (χ1n) is 8.63. The lowest BCUT2D eigenvalue weighted by atomic mass is 9.84. The average molecular weight is 355 g/mol. The molecule has 0 aliphatic carbocycles. The highest BCUT2D eigenvalue weighted by Crippen LogP contribution is 2.45. The SMILES string of the molecule is COc1cc([C@@H]2CC(=O)Nc3cc4c(cc32)OCO4)ccc1OC(C)C. The smallest absolute Gasteiger partial charge is 0.231 e. The summed E-state index contributed by atoms with van der Waals surface area (Å²) in [7, 11) is 1.62. The van der Waals surface area contributed by atoms with Gasteiger partial charge < -0.3 is 24.3 Å². The highest BCUT2D eigenvalue weighted by atomic mass is 16.7. The van der Waals surface area contributed by atoms with E-state index >= 15 is 0 Å². The zero-order valence-corrected chi connectivity index (χ0v) is 15.0. The number of anilines is 1. The van der Waals surface area contributed by atoms with Crippen LogP contribution in [0.25, 0.3) is 0 Å². The number of fused-ring (bicyclic) bond motifs is 2. The van der Waals surface area contributed by atoms with Crippen LogP contribution in [0.4, 0.5) is 5.69 Å². The number of benzene rings is 2. The molecule has 0 fully saturated rings. The Hall–Kier alpha value is -2.89. The fourth-order valence-corrected chi connectivity index (χ4v) is 3.40. The highest BCUT2D eigenvalue weighted by molar-refractivity contribution is 5.96. The summed E-state index contributed by atoms with van der Waals surface area (Å²) in [5.41, 5.74) is 2.76. The molecule has 0 bridgehead atoms. The van der Waals surface area contributed by atoms with Crippen molar-refractivity contribution >= 4 is 11.6 Å². The van der Waals surface area contributed by atoms with Crippen LogP contribution in [0.2, 0.25) is 0 Å². The van der Waals surface area contributed by atoms with Crippen LogP contribution in [0, 0.1) is 0 Å². The van der Waals surface area contributed by atoms with E-state index in [0.29, 0.717) is 29.4 Å². The van der Waals surface area contributed by atoms with E-state index in [1.807, 2.05) is 44.2 Å². The van der Waals surface area contributed by atoms with Crippen LogP contribution in [0.1, 0.15) is 37.3 Å². The van der Waals surface area contributed by atoms with Crippen LogP contribution in [0.5, 0.6) is 23.0 Å². The Morgan fingerprint density at radius 2 is 1.88 bits per heavy atom. The Balaban J connectivity index is 1.75. The molecule has 0 radical (unpaired) electrons. The van der Waals surface area contributed by atoms with Crippen molar-refractivity contribution in [2.24, 2.45) is 0 Å². The topological polar surface area (TPSA) is 66.0 Å². The normalized spacial score (nSPS) is 17.7. The van der Waals surface area contributed by atoms with Gasteiger partial charge in [-0.15, -0.1) is 0 Å². The summed E-state index contributed by atoms with van der Waals surface area (Å²) in [6.45, 7) is 4.14. The van der Waals surface area contributed by atoms with Gasteiger partial charge in [0.2, 0.25) is 12.7 Å². The van der Waals surface area contributed by atoms with Crippen molar-refractivity contribution in [3.8, 4) is 23.0 Å². The van der Waals surface area contributed by atoms with Gasteiger partial charge in [0.25, 0.3) is 0 Å². The van der Waals surface area contributed by atoms with Crippen LogP contribution in [-0.2, 0) is 4.79 Å². The summed E-state index contributed by atoms with van der Waals surface area (Å²) in [6, 6.07) is 9.60. The molecule has 0 saturated heterocycles. The van der Waals surface area contributed by atoms with E-state index in [0.717, 1.165) is 16.8 Å². The second kappa shape index (κ2) is 6.44. The number of hydrogen-bond donors (Lipinski definition) is 1. The summed E-state index contributed by atoms with van der Waals surface area (Å²) in [4.78, 5) is 12.2. The molecule has 0 saturated carbocycles. The molecule has 1 amide bonds. The fourth-order valence-electron chi connectivity index (χ4n) is 3.40. The Kier molecular flexibility index (Phi) is 4.11. The summed E-state index contributed by atoms with van der Waals surface area (Å²) in [5, 5.41) is 2.92. The van der Waals surface area contributed by atoms with Gasteiger partial charge in [-0.3, -0.25) is 4.79 Å². The van der Waals surface area contributed by atoms with Crippen molar-refractivity contribution in [3.63, 3.8) is 0 Å². The third-order valence-corrected chi connectivity index (χ3v) is 4.54. The average Bonchev–Trinajstić information content (AvgIpc) is 3.06. The molecule has 0 unspecified atom stereocenters. The first kappa shape index (κ1) is 16.6. The van der Waals surface area contributed by atoms with Crippen LogP contribution in [0.3, 0.4) is 0 Å². The summed E-state index contributed by atoms with van der Waals surface area (Å²) < 4.78 is 22.2. The summed E-state index contributed by atoms with van der Waals surface area (Å²) >= 11 is 0. The van der Waals surface area contributed by atoms with E-state index < -0.39 is 0 Å². The molecular formula is C20H21NO5. The highest BCUT2D eigenvalue weighted by Gasteiger charge is 2.30. The van der Waals surface area contributed by atoms with E-state index in [4.69, 9.17) is 18.9 Å². The van der Waals surface area contributed by atoms with Crippen molar-refractivity contribution in [2.75, 3.05) is 19.2 Å². The van der Waals surface area contributed by atoms with Crippen molar-refractivity contribution in [3.05, 3.63) is 41.5 Å². The zero-order chi connectivity index (χ0) is 18.3. The Morgan fingerprint density at radius 1 is 1.12 bits per heavy atom. The molecule has 0 spiro atoms. The van der Waals surface area contributed by atoms with Crippen molar-refractivity contribution in [1.82, 2.24) is 0 Å². The van der Waals surface area contributed by atoms with Gasteiger partial charge >= 0.3 is 0 Å². The lowest BCUT2D eigenvalue weighted by Gasteiger charge is -2.27. The molecule has 6 heteroatoms. The number of methoxy groups -OCH3 is 1. The quantitative estimate of drug-likeness (QED) is 0.906. The van der Waals surface area contributed by atoms with Crippen molar-refractivity contribution in [2.45, 2.75) is 32.3 Å². The predicted molar refractivity (Wildman–Crippen MR) is 96.4 cm³/mol. The molecule has 2 aliphatic heterocycles. The summed E-state index contributed by atoms with van der Waals surface area (Å²) in [5.74, 6) is 2.60. The Labute approximate surface area is 152 Å². The van der Waals surface area contributed by atoms with Crippen LogP contribution < -0.4 is 24.3 Å². The Bertz CT molecular complexity index is 862. The molecule has 2 aromatic rings. The molecule has 1 N–H and O–H groups in total. The maximum Gasteiger partial charge on any atom is 0.231 e. The number of rotatable bonds is 4. The van der Waals surface area contributed by atoms with Crippen LogP contribution in [0.15, 0.2) is 30.3 Å². The molecule has 2 heterocycles. The monoisotopic (exact) mass is 355 g/mol. The van der Waals surface area contributed by atoms with Gasteiger partial charge in [-0.25, -0.2) is 0 Å². The van der Waals surface area contributed by atoms with Gasteiger partial charge in [0, 0.05) is 24.1 Å². The molecule has 0 aromatic heterocycles. The van der Waals surface area contributed by atoms with Gasteiger partial charge in [0.1, 0.15) is 0 Å². The summed E-state index contributed by atoms with van der Waals surface area (Å²) in [6.07, 6.45) is 0.413. The standard InChI is InChI=1S/C20H21NO5/c1-11(2)26-16-5-4-12(6-17(16)23-3)13-8-20(22)21-15-9-19-18(7-14(13)15)24-10-25-19/h4-7,9,11,13H,8,10H2,1-3H3,(H,21,22)/t13-/m0/s1. The molecule has 1 atom stereocenters. The molecule has 26 heavy (non-hydrogen) atoms. The third kappa shape index (κ3) is 2.92. The maximum atomic E-state index is 12.2. The minimum atomic E-state index is -0.0877. The third-order valence-electron chi connectivity index (χ3n) is 4.54. The van der Waals surface area contributed by atoms with E-state index in [9.17, 15) is 4.79 Å². The minimum Gasteiger partial charge on any atom is -0.493 e. The molecule has 2 aromatic carbocycles. The number of carbonyl (C=O) groups excluding carboxylic acids is 1. The van der Waals surface area contributed by atoms with E-state index in [1.165, 1.54) is 0 Å². The zero-order valence-electron chi connectivity index (χ0n) is 15.0. The number of amides is 1. The largest absolute Gasteiger partial charge is 0.493 e. The Morgan fingerprint density at radius 3 is 2.62 bits per heavy atom. The minimum absolute atomic E-state index is 0.0251. The number of carbonyl (C=O) groups is 1. The van der Waals surface area contributed by atoms with Crippen LogP contribution in [-0.4, -0.2) is 25.9 Å². The fraction of sp³-hybridized carbons (Fsp3) is 0.350. The molecule has 2 aliphatic rings. The van der Waals surface area contributed by atoms with Crippen molar-refractivity contribution in [1.29, 1.82) is 0 Å². The van der Waals surface area contributed by atoms with E-state index in [2.05, 4.69) is 5.32 Å². The number of ether oxygens (including phenoxy) is 4. The molecular weight excluding hydrogens is 334 g/mol. The second-order valence-corrected chi connectivity index (χ2v) is 6.67. The van der Waals surface area contributed by atoms with Gasteiger partial charge in [0.15, 0.2) is 23.0 Å². The number of nitrogens with one attached hydrogen (secondary N) is 1. The second-order valence-electron chi connectivity index (χ2n) is 6.67. The molecule has 136 valence electrons. The lowest BCUT2D eigenvalue weighted by Crippen LogP contribution is -2.23. The van der Waals surface area contributed by atoms with Gasteiger partial charge in [-0.05, 0) is 43.2 Å². The predicted octanol–water partition coefficient (Wildman–Crippen LogP) is 3.69. The lowest BCUT2D eigenvalue weighted by molar-refractivity contribution is -0.116. The first-order chi connectivity index (χ1) is 12.5. The van der Waals surface area contributed by atoms with Gasteiger partial charge in [-0.1, -0.05) is 6.07 Å². The van der Waals surface area contributed by atoms with Crippen molar-refractivity contribution < 1.29 is 23.7 Å². The maximum absolute atomic E-state index is 12.2. The molecule has 4 rings (SSSR count). The van der Waals surface area contributed by atoms with E-state index in [-0.39, 0.29) is 24.7 Å². The van der Waals surface area contributed by atoms with Gasteiger partial charge in [0.05, 0.1) is 13.2 Å². The molecule has 6 nitrogen and oxygen atoms in total. The first-order valence-corrected chi connectivity index (χ1v) is 8.63. The number of hydrogen-bond acceptors (Lipinski definition) is 5. The van der Waals surface area contributed by atoms with Crippen LogP contribution >= 0.6 is 0 Å². The van der Waals surface area contributed by atoms with E-state index in [1.54, 1.807) is 7.11 Å².